The third kappa shape index (κ3) is 6.47. The Balaban J connectivity index is 1.80. The van der Waals surface area contributed by atoms with Crippen molar-refractivity contribution in [3.63, 3.8) is 0 Å². The first-order chi connectivity index (χ1) is 13.0. The van der Waals surface area contributed by atoms with Gasteiger partial charge in [0.25, 0.3) is 5.91 Å². The summed E-state index contributed by atoms with van der Waals surface area (Å²) in [6.07, 6.45) is 2.73. The minimum atomic E-state index is -0.662. The molecule has 0 unspecified atom stereocenters. The third-order valence-corrected chi connectivity index (χ3v) is 3.59. The zero-order chi connectivity index (χ0) is 19.6. The molecule has 1 N–H and O–H groups in total. The summed E-state index contributed by atoms with van der Waals surface area (Å²) < 4.78 is 28.0. The summed E-state index contributed by atoms with van der Waals surface area (Å²) in [7, 11) is 3.05. The molecule has 2 aromatic carbocycles. The van der Waals surface area contributed by atoms with E-state index in [-0.39, 0.29) is 12.4 Å². The Bertz CT molecular complexity index is 818. The van der Waals surface area contributed by atoms with Gasteiger partial charge in [0.05, 0.1) is 14.2 Å². The molecule has 27 heavy (non-hydrogen) atoms. The summed E-state index contributed by atoms with van der Waals surface area (Å²) in [6.45, 7) is -0.195. The lowest BCUT2D eigenvalue weighted by atomic mass is 10.2. The Morgan fingerprint density at radius 2 is 1.81 bits per heavy atom. The molecule has 0 fully saturated rings. The number of methoxy groups -OCH3 is 2. The Hall–Kier alpha value is -3.35. The van der Waals surface area contributed by atoms with Gasteiger partial charge in [0.15, 0.2) is 6.61 Å². The fourth-order valence-electron chi connectivity index (χ4n) is 2.15. The van der Waals surface area contributed by atoms with Crippen LogP contribution >= 0.6 is 0 Å². The Kier molecular flexibility index (Phi) is 7.37. The van der Waals surface area contributed by atoms with Crippen molar-refractivity contribution in [2.75, 3.05) is 20.8 Å². The molecular weight excluding hydrogens is 353 g/mol. The van der Waals surface area contributed by atoms with Crippen molar-refractivity contribution in [1.29, 1.82) is 0 Å². The van der Waals surface area contributed by atoms with Gasteiger partial charge in [0.1, 0.15) is 17.3 Å². The predicted molar refractivity (Wildman–Crippen MR) is 97.8 cm³/mol. The topological polar surface area (TPSA) is 73.9 Å². The van der Waals surface area contributed by atoms with Crippen LogP contribution in [0.15, 0.2) is 48.5 Å². The number of halogens is 1. The third-order valence-electron chi connectivity index (χ3n) is 3.59. The van der Waals surface area contributed by atoms with Crippen molar-refractivity contribution in [3.8, 4) is 11.5 Å². The van der Waals surface area contributed by atoms with Crippen molar-refractivity contribution in [3.05, 3.63) is 65.5 Å². The number of esters is 1. The fourth-order valence-corrected chi connectivity index (χ4v) is 2.15. The van der Waals surface area contributed by atoms with E-state index in [0.29, 0.717) is 17.1 Å². The van der Waals surface area contributed by atoms with Gasteiger partial charge in [-0.1, -0.05) is 12.1 Å². The van der Waals surface area contributed by atoms with Gasteiger partial charge in [-0.2, -0.15) is 0 Å². The van der Waals surface area contributed by atoms with Gasteiger partial charge in [0.2, 0.25) is 0 Å². The Labute approximate surface area is 156 Å². The molecule has 7 heteroatoms. The molecule has 1 amide bonds. The van der Waals surface area contributed by atoms with Crippen LogP contribution in [0.5, 0.6) is 11.5 Å². The molecule has 0 saturated carbocycles. The van der Waals surface area contributed by atoms with Crippen LogP contribution in [0, 0.1) is 5.82 Å². The first kappa shape index (κ1) is 20.0. The minimum absolute atomic E-state index is 0.218. The first-order valence-corrected chi connectivity index (χ1v) is 8.10. The summed E-state index contributed by atoms with van der Waals surface area (Å²) in [5.74, 6) is -0.299. The molecule has 0 bridgehead atoms. The molecule has 0 aliphatic rings. The molecule has 0 aromatic heterocycles. The first-order valence-electron chi connectivity index (χ1n) is 8.10. The van der Waals surface area contributed by atoms with E-state index in [4.69, 9.17) is 14.2 Å². The lowest BCUT2D eigenvalue weighted by Crippen LogP contribution is -2.28. The lowest BCUT2D eigenvalue weighted by Gasteiger charge is -2.07. The number of amides is 1. The molecule has 0 radical (unpaired) electrons. The second-order valence-corrected chi connectivity index (χ2v) is 5.45. The SMILES string of the molecule is COc1ccc(/C=C/C(=O)OCC(=O)NCc2ccc(F)cc2)c(OC)c1. The van der Waals surface area contributed by atoms with Gasteiger partial charge in [-0.25, -0.2) is 9.18 Å². The second kappa shape index (κ2) is 9.96. The predicted octanol–water partition coefficient (Wildman–Crippen LogP) is 2.72. The molecule has 0 aliphatic carbocycles. The smallest absolute Gasteiger partial charge is 0.331 e. The number of benzene rings is 2. The zero-order valence-electron chi connectivity index (χ0n) is 15.0. The zero-order valence-corrected chi connectivity index (χ0v) is 15.0. The van der Waals surface area contributed by atoms with Crippen LogP contribution in [-0.4, -0.2) is 32.7 Å². The van der Waals surface area contributed by atoms with Crippen molar-refractivity contribution in [2.24, 2.45) is 0 Å². The van der Waals surface area contributed by atoms with E-state index >= 15 is 0 Å². The summed E-state index contributed by atoms with van der Waals surface area (Å²) in [5.41, 5.74) is 1.40. The normalized spacial score (nSPS) is 10.5. The largest absolute Gasteiger partial charge is 0.497 e. The maximum atomic E-state index is 12.8. The standard InChI is InChI=1S/C20H20FNO5/c1-25-17-9-5-15(18(11-17)26-2)6-10-20(24)27-13-19(23)22-12-14-3-7-16(21)8-4-14/h3-11H,12-13H2,1-2H3,(H,22,23)/b10-6+. The summed E-state index contributed by atoms with van der Waals surface area (Å²) >= 11 is 0. The summed E-state index contributed by atoms with van der Waals surface area (Å²) in [5, 5.41) is 2.58. The molecule has 0 saturated heterocycles. The molecule has 0 spiro atoms. The van der Waals surface area contributed by atoms with Crippen LogP contribution in [0.4, 0.5) is 4.39 Å². The number of nitrogens with one attached hydrogen (secondary N) is 1. The number of hydrogen-bond donors (Lipinski definition) is 1. The molecule has 2 rings (SSSR count). The molecule has 0 heterocycles. The van der Waals surface area contributed by atoms with E-state index in [1.54, 1.807) is 37.4 Å². The molecule has 2 aromatic rings. The quantitative estimate of drug-likeness (QED) is 0.569. The van der Waals surface area contributed by atoms with E-state index in [0.717, 1.165) is 5.56 Å². The van der Waals surface area contributed by atoms with Gasteiger partial charge >= 0.3 is 5.97 Å². The van der Waals surface area contributed by atoms with Gasteiger partial charge in [0, 0.05) is 24.3 Å². The van der Waals surface area contributed by atoms with Crippen LogP contribution in [0.2, 0.25) is 0 Å². The highest BCUT2D eigenvalue weighted by atomic mass is 19.1. The van der Waals surface area contributed by atoms with Crippen LogP contribution < -0.4 is 14.8 Å². The van der Waals surface area contributed by atoms with Crippen molar-refractivity contribution >= 4 is 18.0 Å². The van der Waals surface area contributed by atoms with Crippen LogP contribution in [0.1, 0.15) is 11.1 Å². The number of ether oxygens (including phenoxy) is 3. The van der Waals surface area contributed by atoms with E-state index in [2.05, 4.69) is 5.32 Å². The Morgan fingerprint density at radius 1 is 1.07 bits per heavy atom. The second-order valence-electron chi connectivity index (χ2n) is 5.45. The fraction of sp³-hybridized carbons (Fsp3) is 0.200. The molecule has 6 nitrogen and oxygen atoms in total. The van der Waals surface area contributed by atoms with E-state index < -0.39 is 18.5 Å². The monoisotopic (exact) mass is 373 g/mol. The highest BCUT2D eigenvalue weighted by Gasteiger charge is 2.06. The molecule has 0 atom stereocenters. The average molecular weight is 373 g/mol. The highest BCUT2D eigenvalue weighted by Crippen LogP contribution is 2.25. The number of carbonyl (C=O) groups is 2. The van der Waals surface area contributed by atoms with Gasteiger partial charge in [-0.05, 0) is 35.9 Å². The Morgan fingerprint density at radius 3 is 2.48 bits per heavy atom. The molecule has 142 valence electrons. The van der Waals surface area contributed by atoms with E-state index in [9.17, 15) is 14.0 Å². The minimum Gasteiger partial charge on any atom is -0.497 e. The van der Waals surface area contributed by atoms with Crippen LogP contribution in [-0.2, 0) is 20.9 Å². The van der Waals surface area contributed by atoms with Crippen molar-refractivity contribution < 1.29 is 28.2 Å². The van der Waals surface area contributed by atoms with Crippen LogP contribution in [0.3, 0.4) is 0 Å². The number of carbonyl (C=O) groups excluding carboxylic acids is 2. The number of hydrogen-bond acceptors (Lipinski definition) is 5. The average Bonchev–Trinajstić information content (AvgIpc) is 2.70. The highest BCUT2D eigenvalue weighted by molar-refractivity contribution is 5.89. The van der Waals surface area contributed by atoms with E-state index in [1.165, 1.54) is 31.4 Å². The van der Waals surface area contributed by atoms with Gasteiger partial charge < -0.3 is 19.5 Å². The lowest BCUT2D eigenvalue weighted by molar-refractivity contribution is -0.143. The number of rotatable bonds is 8. The maximum Gasteiger partial charge on any atom is 0.331 e. The summed E-state index contributed by atoms with van der Waals surface area (Å²) in [6, 6.07) is 10.9. The van der Waals surface area contributed by atoms with Crippen LogP contribution in [0.25, 0.3) is 6.08 Å². The molecule has 0 aliphatic heterocycles. The van der Waals surface area contributed by atoms with Gasteiger partial charge in [-0.3, -0.25) is 4.79 Å². The maximum absolute atomic E-state index is 12.8. The van der Waals surface area contributed by atoms with Crippen molar-refractivity contribution in [1.82, 2.24) is 5.32 Å². The van der Waals surface area contributed by atoms with E-state index in [1.807, 2.05) is 0 Å². The molecular formula is C20H20FNO5. The van der Waals surface area contributed by atoms with Gasteiger partial charge in [-0.15, -0.1) is 0 Å². The van der Waals surface area contributed by atoms with Crippen molar-refractivity contribution in [2.45, 2.75) is 6.54 Å². The summed E-state index contributed by atoms with van der Waals surface area (Å²) in [4.78, 5) is 23.5.